The van der Waals surface area contributed by atoms with Crippen LogP contribution in [0.3, 0.4) is 0 Å². The van der Waals surface area contributed by atoms with Crippen molar-refractivity contribution in [3.8, 4) is 0 Å². The number of sulfonamides is 1. The van der Waals surface area contributed by atoms with E-state index in [1.165, 1.54) is 0 Å². The zero-order valence-electron chi connectivity index (χ0n) is 11.8. The van der Waals surface area contributed by atoms with Gasteiger partial charge in [0.2, 0.25) is 10.0 Å². The summed E-state index contributed by atoms with van der Waals surface area (Å²) in [4.78, 5) is -0.569. The molecule has 1 aromatic carbocycles. The van der Waals surface area contributed by atoms with Crippen molar-refractivity contribution in [1.29, 1.82) is 0 Å². The van der Waals surface area contributed by atoms with Crippen LogP contribution in [0.5, 0.6) is 0 Å². The van der Waals surface area contributed by atoms with Gasteiger partial charge in [0, 0.05) is 17.1 Å². The van der Waals surface area contributed by atoms with Gasteiger partial charge >= 0.3 is 0 Å². The maximum atomic E-state index is 13.7. The summed E-state index contributed by atoms with van der Waals surface area (Å²) < 4.78 is 53.1. The van der Waals surface area contributed by atoms with Gasteiger partial charge in [-0.3, -0.25) is 0 Å². The molecule has 0 aromatic heterocycles. The molecule has 0 aliphatic carbocycles. The van der Waals surface area contributed by atoms with E-state index in [1.807, 2.05) is 27.7 Å². The molecule has 20 heavy (non-hydrogen) atoms. The van der Waals surface area contributed by atoms with Crippen LogP contribution in [0.4, 0.5) is 8.78 Å². The van der Waals surface area contributed by atoms with Crippen LogP contribution in [-0.2, 0) is 10.0 Å². The van der Waals surface area contributed by atoms with E-state index in [0.29, 0.717) is 6.07 Å². The molecule has 0 radical (unpaired) electrons. The Kier molecular flexibility index (Phi) is 5.32. The summed E-state index contributed by atoms with van der Waals surface area (Å²) >= 11 is 2.88. The fraction of sp³-hybridized carbons (Fsp3) is 0.538. The molecule has 114 valence electrons. The first-order valence-corrected chi connectivity index (χ1v) is 8.37. The van der Waals surface area contributed by atoms with Gasteiger partial charge in [-0.1, -0.05) is 27.7 Å². The van der Waals surface area contributed by atoms with Crippen LogP contribution < -0.4 is 4.72 Å². The molecule has 1 aromatic rings. The first kappa shape index (κ1) is 17.5. The molecule has 0 heterocycles. The zero-order chi connectivity index (χ0) is 15.7. The smallest absolute Gasteiger partial charge is 0.211 e. The average molecular weight is 370 g/mol. The fourth-order valence-electron chi connectivity index (χ4n) is 1.40. The molecule has 1 rings (SSSR count). The van der Waals surface area contributed by atoms with E-state index in [1.54, 1.807) is 0 Å². The number of hydrogen-bond acceptors (Lipinski definition) is 2. The topological polar surface area (TPSA) is 46.2 Å². The lowest BCUT2D eigenvalue weighted by Gasteiger charge is -2.27. The molecule has 7 heteroatoms. The number of nitrogens with one attached hydrogen (secondary N) is 1. The number of hydrogen-bond donors (Lipinski definition) is 1. The molecule has 0 saturated heterocycles. The SMILES string of the molecule is CC(CNS(=O)(=O)c1c(F)cc(F)cc1Br)C(C)(C)C. The minimum Gasteiger partial charge on any atom is -0.211 e. The number of halogens is 3. The van der Waals surface area contributed by atoms with Gasteiger partial charge in [-0.05, 0) is 33.3 Å². The first-order chi connectivity index (χ1) is 8.95. The van der Waals surface area contributed by atoms with Crippen LogP contribution in [0.25, 0.3) is 0 Å². The maximum Gasteiger partial charge on any atom is 0.244 e. The third kappa shape index (κ3) is 4.23. The van der Waals surface area contributed by atoms with Crippen molar-refractivity contribution in [3.63, 3.8) is 0 Å². The Hall–Kier alpha value is -0.530. The average Bonchev–Trinajstić information content (AvgIpc) is 2.22. The highest BCUT2D eigenvalue weighted by atomic mass is 79.9. The van der Waals surface area contributed by atoms with Crippen molar-refractivity contribution in [1.82, 2.24) is 4.72 Å². The van der Waals surface area contributed by atoms with Crippen LogP contribution in [0.15, 0.2) is 21.5 Å². The predicted octanol–water partition coefficient (Wildman–Crippen LogP) is 3.69. The Balaban J connectivity index is 3.02. The summed E-state index contributed by atoms with van der Waals surface area (Å²) in [6.45, 7) is 8.04. The summed E-state index contributed by atoms with van der Waals surface area (Å²) in [6, 6.07) is 1.47. The number of rotatable bonds is 4. The van der Waals surface area contributed by atoms with Gasteiger partial charge in [0.25, 0.3) is 0 Å². The van der Waals surface area contributed by atoms with Crippen molar-refractivity contribution in [2.75, 3.05) is 6.54 Å². The lowest BCUT2D eigenvalue weighted by Crippen LogP contribution is -2.34. The fourth-order valence-corrected chi connectivity index (χ4v) is 3.69. The monoisotopic (exact) mass is 369 g/mol. The molecule has 0 amide bonds. The molecule has 3 nitrogen and oxygen atoms in total. The molecule has 1 unspecified atom stereocenters. The quantitative estimate of drug-likeness (QED) is 0.879. The highest BCUT2D eigenvalue weighted by molar-refractivity contribution is 9.10. The van der Waals surface area contributed by atoms with Crippen molar-refractivity contribution < 1.29 is 17.2 Å². The second-order valence-electron chi connectivity index (χ2n) is 5.82. The second kappa shape index (κ2) is 6.07. The molecule has 1 atom stereocenters. The summed E-state index contributed by atoms with van der Waals surface area (Å²) in [5, 5.41) is 0. The summed E-state index contributed by atoms with van der Waals surface area (Å²) in [5.41, 5.74) is -0.0822. The standard InChI is InChI=1S/C13H18BrF2NO2S/c1-8(13(2,3)4)7-17-20(18,19)12-10(14)5-9(15)6-11(12)16/h5-6,8,17H,7H2,1-4H3. The second-order valence-corrected chi connectivity index (χ2v) is 8.38. The first-order valence-electron chi connectivity index (χ1n) is 6.09. The van der Waals surface area contributed by atoms with E-state index < -0.39 is 26.6 Å². The minimum atomic E-state index is -4.03. The van der Waals surface area contributed by atoms with Crippen molar-refractivity contribution in [3.05, 3.63) is 28.2 Å². The molecule has 0 saturated carbocycles. The van der Waals surface area contributed by atoms with Crippen LogP contribution >= 0.6 is 15.9 Å². The lowest BCUT2D eigenvalue weighted by atomic mass is 9.82. The lowest BCUT2D eigenvalue weighted by molar-refractivity contribution is 0.263. The van der Waals surface area contributed by atoms with E-state index in [-0.39, 0.29) is 22.4 Å². The Morgan fingerprint density at radius 3 is 2.30 bits per heavy atom. The van der Waals surface area contributed by atoms with Gasteiger partial charge in [-0.15, -0.1) is 0 Å². The molecule has 0 aliphatic heterocycles. The minimum absolute atomic E-state index is 0.0551. The van der Waals surface area contributed by atoms with E-state index in [2.05, 4.69) is 20.7 Å². The Bertz CT molecular complexity index is 574. The molecular formula is C13H18BrF2NO2S. The third-order valence-electron chi connectivity index (χ3n) is 3.29. The Labute approximate surface area is 126 Å². The number of benzene rings is 1. The predicted molar refractivity (Wildman–Crippen MR) is 77.9 cm³/mol. The van der Waals surface area contributed by atoms with Gasteiger partial charge in [0.15, 0.2) is 0 Å². The maximum absolute atomic E-state index is 13.7. The van der Waals surface area contributed by atoms with Gasteiger partial charge in [-0.25, -0.2) is 21.9 Å². The van der Waals surface area contributed by atoms with Crippen molar-refractivity contribution in [2.45, 2.75) is 32.6 Å². The van der Waals surface area contributed by atoms with Crippen LogP contribution in [0, 0.1) is 23.0 Å². The molecule has 0 bridgehead atoms. The van der Waals surface area contributed by atoms with Crippen molar-refractivity contribution in [2.24, 2.45) is 11.3 Å². The van der Waals surface area contributed by atoms with Crippen LogP contribution in [0.2, 0.25) is 0 Å². The normalized spacial score (nSPS) is 14.3. The Morgan fingerprint density at radius 1 is 1.30 bits per heavy atom. The molecule has 0 aliphatic rings. The van der Waals surface area contributed by atoms with E-state index >= 15 is 0 Å². The van der Waals surface area contributed by atoms with Gasteiger partial charge in [-0.2, -0.15) is 0 Å². The van der Waals surface area contributed by atoms with Gasteiger partial charge < -0.3 is 0 Å². The van der Waals surface area contributed by atoms with E-state index in [0.717, 1.165) is 6.07 Å². The van der Waals surface area contributed by atoms with Crippen molar-refractivity contribution >= 4 is 26.0 Å². The largest absolute Gasteiger partial charge is 0.244 e. The highest BCUT2D eigenvalue weighted by Crippen LogP contribution is 2.28. The summed E-state index contributed by atoms with van der Waals surface area (Å²) in [5.74, 6) is -1.90. The van der Waals surface area contributed by atoms with E-state index in [4.69, 9.17) is 0 Å². The van der Waals surface area contributed by atoms with Crippen LogP contribution in [-0.4, -0.2) is 15.0 Å². The molecule has 1 N–H and O–H groups in total. The molecule has 0 fully saturated rings. The summed E-state index contributed by atoms with van der Waals surface area (Å²) in [6.07, 6.45) is 0. The summed E-state index contributed by atoms with van der Waals surface area (Å²) in [7, 11) is -4.03. The molecule has 0 spiro atoms. The highest BCUT2D eigenvalue weighted by Gasteiger charge is 2.26. The van der Waals surface area contributed by atoms with Gasteiger partial charge in [0.1, 0.15) is 16.5 Å². The van der Waals surface area contributed by atoms with E-state index in [9.17, 15) is 17.2 Å². The van der Waals surface area contributed by atoms with Crippen LogP contribution in [0.1, 0.15) is 27.7 Å². The Morgan fingerprint density at radius 2 is 1.85 bits per heavy atom. The third-order valence-corrected chi connectivity index (χ3v) is 5.68. The zero-order valence-corrected chi connectivity index (χ0v) is 14.2. The molecular weight excluding hydrogens is 352 g/mol. The van der Waals surface area contributed by atoms with Gasteiger partial charge in [0.05, 0.1) is 0 Å².